The third-order valence-corrected chi connectivity index (χ3v) is 3.95. The zero-order valence-corrected chi connectivity index (χ0v) is 13.6. The Kier molecular flexibility index (Phi) is 5.67. The van der Waals surface area contributed by atoms with Crippen molar-refractivity contribution in [2.75, 3.05) is 18.0 Å². The summed E-state index contributed by atoms with van der Waals surface area (Å²) < 4.78 is 0. The molecule has 2 rings (SSSR count). The molecule has 0 saturated heterocycles. The molecule has 1 aromatic rings. The molecule has 0 bridgehead atoms. The minimum Gasteiger partial charge on any atom is -0.356 e. The number of halogens is 1. The van der Waals surface area contributed by atoms with Gasteiger partial charge in [-0.05, 0) is 36.8 Å². The second-order valence-corrected chi connectivity index (χ2v) is 6.47. The van der Waals surface area contributed by atoms with Gasteiger partial charge in [0.05, 0.1) is 5.02 Å². The smallest absolute Gasteiger partial charge is 0.128 e. The maximum absolute atomic E-state index is 6.26. The van der Waals surface area contributed by atoms with Crippen molar-refractivity contribution >= 4 is 17.4 Å². The van der Waals surface area contributed by atoms with Gasteiger partial charge in [0.25, 0.3) is 0 Å². The molecule has 1 aromatic heterocycles. The Morgan fingerprint density at radius 2 is 2.20 bits per heavy atom. The van der Waals surface area contributed by atoms with Crippen LogP contribution in [0.1, 0.15) is 45.6 Å². The first-order chi connectivity index (χ1) is 9.60. The fourth-order valence-electron chi connectivity index (χ4n) is 2.27. The van der Waals surface area contributed by atoms with Gasteiger partial charge >= 0.3 is 0 Å². The molecule has 0 atom stereocenters. The summed E-state index contributed by atoms with van der Waals surface area (Å²) in [7, 11) is 0. The molecule has 1 N–H and O–H groups in total. The van der Waals surface area contributed by atoms with Crippen molar-refractivity contribution in [1.29, 1.82) is 0 Å². The number of hydrogen-bond acceptors (Lipinski definition) is 3. The van der Waals surface area contributed by atoms with E-state index in [2.05, 4.69) is 42.0 Å². The van der Waals surface area contributed by atoms with Crippen molar-refractivity contribution < 1.29 is 0 Å². The summed E-state index contributed by atoms with van der Waals surface area (Å²) >= 11 is 6.26. The second kappa shape index (κ2) is 7.28. The summed E-state index contributed by atoms with van der Waals surface area (Å²) in [4.78, 5) is 6.94. The van der Waals surface area contributed by atoms with Gasteiger partial charge in [-0.3, -0.25) is 0 Å². The van der Waals surface area contributed by atoms with E-state index in [0.29, 0.717) is 6.04 Å². The van der Waals surface area contributed by atoms with Gasteiger partial charge in [-0.15, -0.1) is 0 Å². The minimum atomic E-state index is 0.459. The topological polar surface area (TPSA) is 28.2 Å². The van der Waals surface area contributed by atoms with Gasteiger partial charge in [-0.25, -0.2) is 4.98 Å². The van der Waals surface area contributed by atoms with Gasteiger partial charge in [0.1, 0.15) is 5.82 Å². The molecule has 1 fully saturated rings. The first-order valence-corrected chi connectivity index (χ1v) is 8.10. The maximum atomic E-state index is 6.26. The van der Waals surface area contributed by atoms with Crippen LogP contribution in [0.15, 0.2) is 12.3 Å². The van der Waals surface area contributed by atoms with Crippen LogP contribution in [0.3, 0.4) is 0 Å². The van der Waals surface area contributed by atoms with Crippen LogP contribution >= 0.6 is 11.6 Å². The molecule has 112 valence electrons. The molecule has 20 heavy (non-hydrogen) atoms. The van der Waals surface area contributed by atoms with Crippen molar-refractivity contribution in [1.82, 2.24) is 10.3 Å². The van der Waals surface area contributed by atoms with Crippen molar-refractivity contribution in [3.63, 3.8) is 0 Å². The largest absolute Gasteiger partial charge is 0.356 e. The van der Waals surface area contributed by atoms with E-state index in [4.69, 9.17) is 11.6 Å². The summed E-state index contributed by atoms with van der Waals surface area (Å²) in [6.45, 7) is 9.52. The van der Waals surface area contributed by atoms with Crippen LogP contribution in [0, 0.1) is 5.92 Å². The molecule has 0 amide bonds. The van der Waals surface area contributed by atoms with E-state index in [-0.39, 0.29) is 0 Å². The molecule has 0 unspecified atom stereocenters. The molecule has 1 aliphatic carbocycles. The quantitative estimate of drug-likeness (QED) is 0.789. The molecule has 0 aromatic carbocycles. The monoisotopic (exact) mass is 295 g/mol. The molecule has 3 nitrogen and oxygen atoms in total. The summed E-state index contributed by atoms with van der Waals surface area (Å²) in [5.41, 5.74) is 1.14. The average molecular weight is 296 g/mol. The van der Waals surface area contributed by atoms with E-state index in [1.807, 2.05) is 0 Å². The van der Waals surface area contributed by atoms with Crippen molar-refractivity contribution in [3.05, 3.63) is 22.8 Å². The lowest BCUT2D eigenvalue weighted by Gasteiger charge is -2.24. The molecule has 0 spiro atoms. The van der Waals surface area contributed by atoms with Gasteiger partial charge in [-0.2, -0.15) is 0 Å². The Morgan fingerprint density at radius 1 is 1.45 bits per heavy atom. The lowest BCUT2D eigenvalue weighted by molar-refractivity contribution is 0.588. The Labute approximate surface area is 127 Å². The second-order valence-electron chi connectivity index (χ2n) is 6.06. The van der Waals surface area contributed by atoms with Crippen LogP contribution in [0.25, 0.3) is 0 Å². The lowest BCUT2D eigenvalue weighted by Crippen LogP contribution is -2.28. The molecule has 0 aliphatic heterocycles. The van der Waals surface area contributed by atoms with Crippen LogP contribution in [0.4, 0.5) is 5.82 Å². The Bertz CT molecular complexity index is 430. The molecule has 0 radical (unpaired) electrons. The van der Waals surface area contributed by atoms with Gasteiger partial charge in [0, 0.05) is 31.9 Å². The third kappa shape index (κ3) is 4.64. The zero-order chi connectivity index (χ0) is 14.5. The predicted molar refractivity (Wildman–Crippen MR) is 86.5 cm³/mol. The fraction of sp³-hybridized carbons (Fsp3) is 0.688. The molecular weight excluding hydrogens is 270 g/mol. The molecule has 1 saturated carbocycles. The number of aromatic nitrogens is 1. The predicted octanol–water partition coefficient (Wildman–Crippen LogP) is 3.86. The number of nitrogens with zero attached hydrogens (tertiary/aromatic N) is 2. The number of anilines is 1. The fourth-order valence-corrected chi connectivity index (χ4v) is 2.44. The molecule has 4 heteroatoms. The van der Waals surface area contributed by atoms with Crippen LogP contribution in [-0.4, -0.2) is 24.1 Å². The first kappa shape index (κ1) is 15.6. The van der Waals surface area contributed by atoms with Gasteiger partial charge < -0.3 is 10.2 Å². The molecular formula is C16H26ClN3. The Morgan fingerprint density at radius 3 is 2.80 bits per heavy atom. The normalized spacial score (nSPS) is 14.8. The van der Waals surface area contributed by atoms with E-state index < -0.39 is 0 Å². The highest BCUT2D eigenvalue weighted by Gasteiger charge is 2.24. The minimum absolute atomic E-state index is 0.459. The van der Waals surface area contributed by atoms with E-state index >= 15 is 0 Å². The third-order valence-electron chi connectivity index (χ3n) is 3.61. The zero-order valence-electron chi connectivity index (χ0n) is 12.8. The summed E-state index contributed by atoms with van der Waals surface area (Å²) in [5.74, 6) is 1.94. The standard InChI is InChI=1S/C16H26ClN3/c1-4-7-20(11-13-5-6-13)16-8-14(9-18-12(2)3)15(17)10-19-16/h8,10,12-13,18H,4-7,9,11H2,1-3H3. The van der Waals surface area contributed by atoms with Crippen molar-refractivity contribution in [3.8, 4) is 0 Å². The van der Waals surface area contributed by atoms with E-state index in [0.717, 1.165) is 48.4 Å². The highest BCUT2D eigenvalue weighted by molar-refractivity contribution is 6.31. The van der Waals surface area contributed by atoms with Crippen molar-refractivity contribution in [2.24, 2.45) is 5.92 Å². The number of pyridine rings is 1. The molecule has 1 heterocycles. The van der Waals surface area contributed by atoms with Gasteiger partial charge in [0.2, 0.25) is 0 Å². The highest BCUT2D eigenvalue weighted by atomic mass is 35.5. The van der Waals surface area contributed by atoms with Crippen molar-refractivity contribution in [2.45, 2.75) is 52.6 Å². The lowest BCUT2D eigenvalue weighted by atomic mass is 10.2. The Hall–Kier alpha value is -0.800. The summed E-state index contributed by atoms with van der Waals surface area (Å²) in [6.07, 6.45) is 5.69. The van der Waals surface area contributed by atoms with E-state index in [9.17, 15) is 0 Å². The summed E-state index contributed by atoms with van der Waals surface area (Å²) in [5, 5.41) is 4.18. The number of hydrogen-bond donors (Lipinski definition) is 1. The average Bonchev–Trinajstić information content (AvgIpc) is 3.21. The van der Waals surface area contributed by atoms with Gasteiger partial charge in [0.15, 0.2) is 0 Å². The number of nitrogens with one attached hydrogen (secondary N) is 1. The number of rotatable bonds is 8. The molecule has 1 aliphatic rings. The van der Waals surface area contributed by atoms with Crippen LogP contribution in [-0.2, 0) is 6.54 Å². The van der Waals surface area contributed by atoms with Crippen LogP contribution in [0.5, 0.6) is 0 Å². The SMILES string of the molecule is CCCN(CC1CC1)c1cc(CNC(C)C)c(Cl)cn1. The van der Waals surface area contributed by atoms with Crippen LogP contribution < -0.4 is 10.2 Å². The maximum Gasteiger partial charge on any atom is 0.128 e. The first-order valence-electron chi connectivity index (χ1n) is 7.73. The van der Waals surface area contributed by atoms with Crippen LogP contribution in [0.2, 0.25) is 5.02 Å². The highest BCUT2D eigenvalue weighted by Crippen LogP contribution is 2.31. The van der Waals surface area contributed by atoms with E-state index in [1.165, 1.54) is 12.8 Å². The summed E-state index contributed by atoms with van der Waals surface area (Å²) in [6, 6.07) is 2.61. The van der Waals surface area contributed by atoms with Gasteiger partial charge in [-0.1, -0.05) is 32.4 Å². The Balaban J connectivity index is 2.09. The van der Waals surface area contributed by atoms with E-state index in [1.54, 1.807) is 6.20 Å².